The normalized spacial score (nSPS) is 14.4. The van der Waals surface area contributed by atoms with Crippen LogP contribution in [0.5, 0.6) is 0 Å². The third-order valence-electron chi connectivity index (χ3n) is 5.47. The quantitative estimate of drug-likeness (QED) is 0.104. The second-order valence-corrected chi connectivity index (χ2v) is 10.6. The molecule has 1 aliphatic rings. The van der Waals surface area contributed by atoms with Crippen molar-refractivity contribution in [1.82, 2.24) is 0 Å². The number of ketones is 1. The Morgan fingerprint density at radius 3 is 2.00 bits per heavy atom. The molecule has 0 spiro atoms. The van der Waals surface area contributed by atoms with Gasteiger partial charge in [-0.15, -0.1) is 29.1 Å². The zero-order valence-electron chi connectivity index (χ0n) is 20.0. The first-order chi connectivity index (χ1) is 15.9. The molecule has 0 atom stereocenters. The maximum Gasteiger partial charge on any atom is 0.354 e. The molecule has 4 aromatic carbocycles. The molecule has 1 N–H and O–H groups in total. The van der Waals surface area contributed by atoms with E-state index in [1.165, 1.54) is 19.9 Å². The van der Waals surface area contributed by atoms with E-state index in [0.717, 1.165) is 32.5 Å². The van der Waals surface area contributed by atoms with Gasteiger partial charge in [-0.2, -0.15) is 17.2 Å². The molecule has 0 saturated carbocycles. The van der Waals surface area contributed by atoms with E-state index < -0.39 is 10.2 Å². The van der Waals surface area contributed by atoms with Gasteiger partial charge in [0.25, 0.3) is 0 Å². The van der Waals surface area contributed by atoms with E-state index in [0.29, 0.717) is 16.1 Å². The number of hydrogen-bond acceptors (Lipinski definition) is 4. The second-order valence-electron chi connectivity index (χ2n) is 9.38. The summed E-state index contributed by atoms with van der Waals surface area (Å²) in [7, 11) is -3.86. The van der Waals surface area contributed by atoms with Gasteiger partial charge in [-0.1, -0.05) is 61.9 Å². The van der Waals surface area contributed by atoms with Crippen molar-refractivity contribution in [1.29, 1.82) is 0 Å². The van der Waals surface area contributed by atoms with Crippen molar-refractivity contribution in [2.45, 2.75) is 40.0 Å². The smallest absolute Gasteiger partial charge is 0.354 e. The van der Waals surface area contributed by atoms with E-state index in [1.807, 2.05) is 30.3 Å². The van der Waals surface area contributed by atoms with Crippen molar-refractivity contribution in [2.75, 3.05) is 0 Å². The summed E-state index contributed by atoms with van der Waals surface area (Å²) in [5.41, 5.74) is 0.908. The van der Waals surface area contributed by atoms with Crippen LogP contribution in [0.2, 0.25) is 0 Å². The number of fused-ring (bicyclic) bond motifs is 7. The monoisotopic (exact) mass is 668 g/mol. The predicted octanol–water partition coefficient (Wildman–Crippen LogP) is 4.78. The summed E-state index contributed by atoms with van der Waals surface area (Å²) >= 11 is 0. The average molecular weight is 669 g/mol. The Morgan fingerprint density at radius 2 is 1.49 bits per heavy atom. The summed E-state index contributed by atoms with van der Waals surface area (Å²) in [6, 6.07) is 19.7. The van der Waals surface area contributed by atoms with Gasteiger partial charge >= 0.3 is 10.2 Å². The zero-order chi connectivity index (χ0) is 24.8. The van der Waals surface area contributed by atoms with Gasteiger partial charge in [-0.05, 0) is 41.5 Å². The molecule has 0 aliphatic carbocycles. The summed E-state index contributed by atoms with van der Waals surface area (Å²) < 4.78 is 32.2. The molecule has 0 amide bonds. The molecular weight excluding hydrogens is 643 g/mol. The van der Waals surface area contributed by atoms with Gasteiger partial charge in [-0.25, -0.2) is 0 Å². The van der Waals surface area contributed by atoms with Crippen LogP contribution < -0.4 is 10.7 Å². The molecule has 0 bridgehead atoms. The van der Waals surface area contributed by atoms with Crippen LogP contribution in [-0.2, 0) is 41.5 Å². The Bertz CT molecular complexity index is 1750. The predicted molar refractivity (Wildman–Crippen MR) is 135 cm³/mol. The van der Waals surface area contributed by atoms with Gasteiger partial charge in [0.15, 0.2) is 5.78 Å². The molecular formula is C27H25N2O4PtS-. The Balaban J connectivity index is 0.000000378. The van der Waals surface area contributed by atoms with E-state index in [-0.39, 0.29) is 38.0 Å². The summed E-state index contributed by atoms with van der Waals surface area (Å²) in [4.78, 5) is 10.0. The number of nitrogens with zero attached hydrogens (tertiary/aromatic N) is 2. The van der Waals surface area contributed by atoms with Crippen LogP contribution in [0.4, 0.5) is 0 Å². The number of aliphatic hydroxyl groups excluding tert-OH is 1. The molecule has 1 heterocycles. The molecule has 5 rings (SSSR count). The molecule has 1 aliphatic heterocycles. The SMILES string of the molecule is CC(=O)/C=C(/C)O.CC(C)(C)c1[c-]c2c3c(c4cc5ccccc5cc4c2cc1)=NS(=O)(=O)N=3.[Pt]. The molecule has 0 fully saturated rings. The molecule has 0 unspecified atom stereocenters. The van der Waals surface area contributed by atoms with Crippen LogP contribution in [0.3, 0.4) is 0 Å². The van der Waals surface area contributed by atoms with Crippen LogP contribution in [0.25, 0.3) is 32.3 Å². The Morgan fingerprint density at radius 1 is 0.914 bits per heavy atom. The molecule has 0 aromatic heterocycles. The number of aliphatic hydroxyl groups is 1. The van der Waals surface area contributed by atoms with Crippen molar-refractivity contribution in [3.63, 3.8) is 0 Å². The van der Waals surface area contributed by atoms with Crippen molar-refractivity contribution in [3.05, 3.63) is 82.7 Å². The first kappa shape index (κ1) is 26.7. The van der Waals surface area contributed by atoms with E-state index in [2.05, 4.69) is 53.8 Å². The first-order valence-electron chi connectivity index (χ1n) is 10.8. The Kier molecular flexibility index (Phi) is 7.35. The van der Waals surface area contributed by atoms with Crippen molar-refractivity contribution in [2.24, 2.45) is 8.80 Å². The van der Waals surface area contributed by atoms with Crippen LogP contribution in [0.1, 0.15) is 40.2 Å². The van der Waals surface area contributed by atoms with Crippen LogP contribution in [-0.4, -0.2) is 19.3 Å². The van der Waals surface area contributed by atoms with Gasteiger partial charge in [-0.3, -0.25) is 4.79 Å². The van der Waals surface area contributed by atoms with Gasteiger partial charge in [0.1, 0.15) is 0 Å². The van der Waals surface area contributed by atoms with Crippen LogP contribution >= 0.6 is 0 Å². The minimum atomic E-state index is -3.86. The van der Waals surface area contributed by atoms with Gasteiger partial charge in [0.05, 0.1) is 11.1 Å². The standard InChI is InChI=1S/C22H17N2O2S.C5H8O2.Pt/c1-22(2,3)15-8-9-16-17-10-13-6-4-5-7-14(13)11-18(17)20-21(19(16)12-15)24-27(25,26)23-20;1-4(6)3-5(2)7;/h4-11H,1-3H3;3,6H,1-2H3;/q-1;;/b;4-3-;. The maximum absolute atomic E-state index is 12.2. The van der Waals surface area contributed by atoms with E-state index in [1.54, 1.807) is 0 Å². The number of hydrogen-bond donors (Lipinski definition) is 1. The van der Waals surface area contributed by atoms with E-state index >= 15 is 0 Å². The molecule has 35 heavy (non-hydrogen) atoms. The fourth-order valence-corrected chi connectivity index (χ4v) is 4.84. The van der Waals surface area contributed by atoms with Gasteiger partial charge < -0.3 is 5.11 Å². The van der Waals surface area contributed by atoms with Gasteiger partial charge in [0.2, 0.25) is 0 Å². The maximum atomic E-state index is 12.2. The third kappa shape index (κ3) is 5.52. The summed E-state index contributed by atoms with van der Waals surface area (Å²) in [6.07, 6.45) is 1.17. The molecule has 0 radical (unpaired) electrons. The molecule has 184 valence electrons. The number of carbonyl (C=O) groups excluding carboxylic acids is 1. The van der Waals surface area contributed by atoms with E-state index in [9.17, 15) is 13.2 Å². The fourth-order valence-electron chi connectivity index (χ4n) is 3.97. The number of allylic oxidation sites excluding steroid dienone is 2. The molecule has 0 saturated heterocycles. The van der Waals surface area contributed by atoms with Gasteiger partial charge in [0, 0.05) is 32.5 Å². The average Bonchev–Trinajstić information content (AvgIpc) is 3.07. The van der Waals surface area contributed by atoms with Crippen molar-refractivity contribution >= 4 is 48.3 Å². The zero-order valence-corrected chi connectivity index (χ0v) is 23.1. The van der Waals surface area contributed by atoms with Crippen molar-refractivity contribution in [3.8, 4) is 0 Å². The van der Waals surface area contributed by atoms with Crippen LogP contribution in [0, 0.1) is 6.07 Å². The number of carbonyl (C=O) groups is 1. The topological polar surface area (TPSA) is 96.2 Å². The largest absolute Gasteiger partial charge is 0.512 e. The summed E-state index contributed by atoms with van der Waals surface area (Å²) in [5, 5.41) is 14.8. The Labute approximate surface area is 218 Å². The van der Waals surface area contributed by atoms with Crippen molar-refractivity contribution < 1.29 is 39.4 Å². The second kappa shape index (κ2) is 9.63. The third-order valence-corrected chi connectivity index (χ3v) is 6.30. The fraction of sp³-hybridized carbons (Fsp3) is 0.222. The first-order valence-corrected chi connectivity index (χ1v) is 12.2. The number of benzene rings is 4. The minimum Gasteiger partial charge on any atom is -0.512 e. The van der Waals surface area contributed by atoms with Crippen LogP contribution in [0.15, 0.2) is 69.2 Å². The molecule has 8 heteroatoms. The number of rotatable bonds is 1. The summed E-state index contributed by atoms with van der Waals surface area (Å²) in [6.45, 7) is 9.17. The minimum absolute atomic E-state index is 0. The molecule has 6 nitrogen and oxygen atoms in total. The summed E-state index contributed by atoms with van der Waals surface area (Å²) in [5.74, 6) is -0.0625. The molecule has 4 aromatic rings. The van der Waals surface area contributed by atoms with E-state index in [4.69, 9.17) is 5.11 Å². The Hall–Kier alpha value is -2.89.